The molecule has 0 aliphatic heterocycles. The van der Waals surface area contributed by atoms with Gasteiger partial charge in [0, 0.05) is 7.05 Å². The van der Waals surface area contributed by atoms with Gasteiger partial charge >= 0.3 is 0 Å². The number of nitrogens with zero attached hydrogens (tertiary/aromatic N) is 2. The van der Waals surface area contributed by atoms with Crippen molar-refractivity contribution >= 4 is 0 Å². The summed E-state index contributed by atoms with van der Waals surface area (Å²) in [6, 6.07) is 4.37. The van der Waals surface area contributed by atoms with Crippen LogP contribution in [0.3, 0.4) is 0 Å². The molecule has 0 aliphatic carbocycles. The van der Waals surface area contributed by atoms with Crippen molar-refractivity contribution in [3.63, 3.8) is 0 Å². The highest BCUT2D eigenvalue weighted by molar-refractivity contribution is 5.43. The van der Waals surface area contributed by atoms with Crippen molar-refractivity contribution in [2.75, 3.05) is 14.2 Å². The fourth-order valence-corrected chi connectivity index (χ4v) is 1.99. The molecule has 1 N–H and O–H groups in total. The molecule has 0 bridgehead atoms. The van der Waals surface area contributed by atoms with Gasteiger partial charge in [-0.2, -0.15) is 5.10 Å². The minimum atomic E-state index is -1.22. The molecule has 0 saturated heterocycles. The van der Waals surface area contributed by atoms with E-state index in [2.05, 4.69) is 5.10 Å². The van der Waals surface area contributed by atoms with Crippen molar-refractivity contribution < 1.29 is 19.0 Å². The molecule has 0 aliphatic rings. The maximum Gasteiger partial charge on any atom is 0.162 e. The van der Waals surface area contributed by atoms with Crippen molar-refractivity contribution in [1.29, 1.82) is 0 Å². The standard InChI is InChI=1S/C13H15FN2O3/c1-16-12(10(19-3)7-15-16)13(17)11-8(14)5-4-6-9(11)18-2/h4-7,13,17H,1-3H3. The van der Waals surface area contributed by atoms with Crippen molar-refractivity contribution in [2.45, 2.75) is 6.10 Å². The first-order chi connectivity index (χ1) is 9.10. The molecule has 6 heteroatoms. The second-order valence-corrected chi connectivity index (χ2v) is 3.98. The maximum absolute atomic E-state index is 13.9. The average Bonchev–Trinajstić information content (AvgIpc) is 2.78. The number of aliphatic hydroxyl groups excluding tert-OH is 1. The molecule has 19 heavy (non-hydrogen) atoms. The molecule has 0 spiro atoms. The first-order valence-electron chi connectivity index (χ1n) is 5.66. The van der Waals surface area contributed by atoms with E-state index >= 15 is 0 Å². The Balaban J connectivity index is 2.55. The van der Waals surface area contributed by atoms with E-state index in [-0.39, 0.29) is 11.3 Å². The third-order valence-electron chi connectivity index (χ3n) is 2.93. The number of aryl methyl sites for hydroxylation is 1. The second kappa shape index (κ2) is 5.27. The molecule has 0 amide bonds. The monoisotopic (exact) mass is 266 g/mol. The molecule has 102 valence electrons. The van der Waals surface area contributed by atoms with Crippen LogP contribution in [0, 0.1) is 5.82 Å². The molecular weight excluding hydrogens is 251 g/mol. The number of hydrogen-bond acceptors (Lipinski definition) is 4. The number of halogens is 1. The molecule has 1 heterocycles. The van der Waals surface area contributed by atoms with Gasteiger partial charge in [-0.15, -0.1) is 0 Å². The Bertz CT molecular complexity index is 583. The van der Waals surface area contributed by atoms with Gasteiger partial charge in [0.25, 0.3) is 0 Å². The second-order valence-electron chi connectivity index (χ2n) is 3.98. The Morgan fingerprint density at radius 2 is 1.95 bits per heavy atom. The van der Waals surface area contributed by atoms with Gasteiger partial charge in [0.1, 0.15) is 23.4 Å². The largest absolute Gasteiger partial charge is 0.496 e. The third-order valence-corrected chi connectivity index (χ3v) is 2.93. The highest BCUT2D eigenvalue weighted by Crippen LogP contribution is 2.35. The summed E-state index contributed by atoms with van der Waals surface area (Å²) in [6.07, 6.45) is 0.241. The predicted molar refractivity (Wildman–Crippen MR) is 66.8 cm³/mol. The minimum absolute atomic E-state index is 0.0619. The van der Waals surface area contributed by atoms with Crippen molar-refractivity contribution in [1.82, 2.24) is 9.78 Å². The van der Waals surface area contributed by atoms with Crippen molar-refractivity contribution in [3.05, 3.63) is 41.5 Å². The maximum atomic E-state index is 13.9. The van der Waals surface area contributed by atoms with Crippen molar-refractivity contribution in [2.24, 2.45) is 7.05 Å². The lowest BCUT2D eigenvalue weighted by Gasteiger charge is -2.17. The number of ether oxygens (including phenoxy) is 2. The summed E-state index contributed by atoms with van der Waals surface area (Å²) < 4.78 is 25.6. The number of methoxy groups -OCH3 is 2. The molecule has 1 unspecified atom stereocenters. The van der Waals surface area contributed by atoms with Crippen LogP contribution >= 0.6 is 0 Å². The van der Waals surface area contributed by atoms with Crippen LogP contribution in [0.2, 0.25) is 0 Å². The van der Waals surface area contributed by atoms with Gasteiger partial charge in [-0.05, 0) is 12.1 Å². The summed E-state index contributed by atoms with van der Waals surface area (Å²) in [6.45, 7) is 0. The highest BCUT2D eigenvalue weighted by Gasteiger charge is 2.26. The number of aromatic nitrogens is 2. The van der Waals surface area contributed by atoms with Gasteiger partial charge in [0.2, 0.25) is 0 Å². The van der Waals surface area contributed by atoms with Gasteiger partial charge in [-0.1, -0.05) is 6.07 Å². The lowest BCUT2D eigenvalue weighted by atomic mass is 10.0. The number of aliphatic hydroxyl groups is 1. The molecule has 5 nitrogen and oxygen atoms in total. The average molecular weight is 266 g/mol. The molecule has 2 rings (SSSR count). The summed E-state index contributed by atoms with van der Waals surface area (Å²) in [7, 11) is 4.53. The number of rotatable bonds is 4. The van der Waals surface area contributed by atoms with Crippen LogP contribution in [-0.2, 0) is 7.05 Å². The van der Waals surface area contributed by atoms with E-state index in [0.717, 1.165) is 0 Å². The smallest absolute Gasteiger partial charge is 0.162 e. The van der Waals surface area contributed by atoms with Crippen LogP contribution in [0.15, 0.2) is 24.4 Å². The zero-order valence-corrected chi connectivity index (χ0v) is 10.9. The third kappa shape index (κ3) is 2.26. The van der Waals surface area contributed by atoms with E-state index in [0.29, 0.717) is 11.4 Å². The zero-order valence-electron chi connectivity index (χ0n) is 10.9. The van der Waals surface area contributed by atoms with E-state index in [1.807, 2.05) is 0 Å². The SMILES string of the molecule is COc1cccc(F)c1C(O)c1c(OC)cnn1C. The fraction of sp³-hybridized carbons (Fsp3) is 0.308. The zero-order chi connectivity index (χ0) is 14.0. The Morgan fingerprint density at radius 1 is 1.26 bits per heavy atom. The normalized spacial score (nSPS) is 12.3. The summed E-state index contributed by atoms with van der Waals surface area (Å²) in [5.41, 5.74) is 0.429. The van der Waals surface area contributed by atoms with E-state index in [1.54, 1.807) is 13.1 Å². The Labute approximate surface area is 110 Å². The minimum Gasteiger partial charge on any atom is -0.496 e. The Hall–Kier alpha value is -2.08. The lowest BCUT2D eigenvalue weighted by molar-refractivity contribution is 0.194. The quantitative estimate of drug-likeness (QED) is 0.914. The molecule has 1 aromatic heterocycles. The summed E-state index contributed by atoms with van der Waals surface area (Å²) in [4.78, 5) is 0. The molecule has 0 fully saturated rings. The van der Waals surface area contributed by atoms with Gasteiger partial charge in [-0.25, -0.2) is 4.39 Å². The number of benzene rings is 1. The predicted octanol–water partition coefficient (Wildman–Crippen LogP) is 1.66. The first kappa shape index (κ1) is 13.4. The summed E-state index contributed by atoms with van der Waals surface area (Å²) in [5, 5.41) is 14.4. The van der Waals surface area contributed by atoms with Crippen LogP contribution in [0.4, 0.5) is 4.39 Å². The first-order valence-corrected chi connectivity index (χ1v) is 5.66. The van der Waals surface area contributed by atoms with Crippen LogP contribution in [0.5, 0.6) is 11.5 Å². The van der Waals surface area contributed by atoms with Gasteiger partial charge in [0.15, 0.2) is 5.75 Å². The number of hydrogen-bond donors (Lipinski definition) is 1. The van der Waals surface area contributed by atoms with Gasteiger partial charge in [0.05, 0.1) is 26.0 Å². The van der Waals surface area contributed by atoms with Crippen LogP contribution in [-0.4, -0.2) is 29.1 Å². The van der Waals surface area contributed by atoms with E-state index in [9.17, 15) is 9.50 Å². The molecular formula is C13H15FN2O3. The van der Waals surface area contributed by atoms with Gasteiger partial charge in [-0.3, -0.25) is 4.68 Å². The van der Waals surface area contributed by atoms with Crippen LogP contribution < -0.4 is 9.47 Å². The Kier molecular flexibility index (Phi) is 3.71. The van der Waals surface area contributed by atoms with E-state index in [1.165, 1.54) is 37.2 Å². The van der Waals surface area contributed by atoms with E-state index < -0.39 is 11.9 Å². The molecule has 1 aromatic carbocycles. The van der Waals surface area contributed by atoms with E-state index in [4.69, 9.17) is 9.47 Å². The van der Waals surface area contributed by atoms with Crippen molar-refractivity contribution in [3.8, 4) is 11.5 Å². The molecule has 0 saturated carbocycles. The Morgan fingerprint density at radius 3 is 2.58 bits per heavy atom. The molecule has 1 atom stereocenters. The summed E-state index contributed by atoms with van der Waals surface area (Å²) >= 11 is 0. The van der Waals surface area contributed by atoms with Crippen LogP contribution in [0.25, 0.3) is 0 Å². The summed E-state index contributed by atoms with van der Waals surface area (Å²) in [5.74, 6) is 0.117. The fourth-order valence-electron chi connectivity index (χ4n) is 1.99. The van der Waals surface area contributed by atoms with Crippen LogP contribution in [0.1, 0.15) is 17.4 Å². The lowest BCUT2D eigenvalue weighted by Crippen LogP contribution is -2.11. The topological polar surface area (TPSA) is 56.5 Å². The molecule has 0 radical (unpaired) electrons. The molecule has 2 aromatic rings. The van der Waals surface area contributed by atoms with Gasteiger partial charge < -0.3 is 14.6 Å². The highest BCUT2D eigenvalue weighted by atomic mass is 19.1.